The lowest BCUT2D eigenvalue weighted by Crippen LogP contribution is -2.32. The van der Waals surface area contributed by atoms with E-state index in [0.29, 0.717) is 23.0 Å². The van der Waals surface area contributed by atoms with E-state index in [1.165, 1.54) is 4.90 Å². The fourth-order valence-corrected chi connectivity index (χ4v) is 3.60. The van der Waals surface area contributed by atoms with E-state index in [1.807, 2.05) is 43.3 Å². The SMILES string of the molecule is C.C[C@H](c1ccccc1)N1CC(C(=O)NCCCc2ccc(Cl)c(Cl)c2)=C(O)C1=O. The minimum atomic E-state index is -0.526. The normalized spacial score (nSPS) is 14.5. The zero-order valence-corrected chi connectivity index (χ0v) is 17.5. The zero-order valence-electron chi connectivity index (χ0n) is 16.0. The Labute approximate surface area is 187 Å². The number of aryl methyl sites for hydroxylation is 1. The molecule has 0 unspecified atom stereocenters. The van der Waals surface area contributed by atoms with Crippen LogP contribution in [-0.4, -0.2) is 34.9 Å². The first kappa shape index (κ1) is 23.8. The third-order valence-electron chi connectivity index (χ3n) is 5.01. The number of rotatable bonds is 7. The molecule has 30 heavy (non-hydrogen) atoms. The van der Waals surface area contributed by atoms with E-state index in [9.17, 15) is 14.7 Å². The average Bonchev–Trinajstić information content (AvgIpc) is 3.03. The van der Waals surface area contributed by atoms with Gasteiger partial charge in [0.05, 0.1) is 28.2 Å². The van der Waals surface area contributed by atoms with Crippen LogP contribution in [0.4, 0.5) is 0 Å². The first-order valence-corrected chi connectivity index (χ1v) is 10.1. The van der Waals surface area contributed by atoms with Gasteiger partial charge in [0, 0.05) is 6.54 Å². The maximum Gasteiger partial charge on any atom is 0.290 e. The van der Waals surface area contributed by atoms with Gasteiger partial charge in [-0.3, -0.25) is 9.59 Å². The number of amides is 2. The number of halogens is 2. The summed E-state index contributed by atoms with van der Waals surface area (Å²) in [6.45, 7) is 2.37. The Morgan fingerprint density at radius 1 is 1.17 bits per heavy atom. The summed E-state index contributed by atoms with van der Waals surface area (Å²) in [5.74, 6) is -1.43. The lowest BCUT2D eigenvalue weighted by molar-refractivity contribution is -0.129. The van der Waals surface area contributed by atoms with E-state index >= 15 is 0 Å². The molecule has 0 aliphatic carbocycles. The van der Waals surface area contributed by atoms with Gasteiger partial charge in [0.2, 0.25) is 0 Å². The summed E-state index contributed by atoms with van der Waals surface area (Å²) in [7, 11) is 0. The maximum atomic E-state index is 12.5. The molecule has 2 N–H and O–H groups in total. The molecule has 7 heteroatoms. The molecule has 3 rings (SSSR count). The molecule has 1 atom stereocenters. The number of hydrogen-bond acceptors (Lipinski definition) is 3. The molecule has 0 radical (unpaired) electrons. The largest absolute Gasteiger partial charge is 0.503 e. The highest BCUT2D eigenvalue weighted by molar-refractivity contribution is 6.42. The summed E-state index contributed by atoms with van der Waals surface area (Å²) in [5.41, 5.74) is 2.07. The second kappa shape index (κ2) is 10.5. The number of aliphatic hydroxyl groups is 1. The predicted molar refractivity (Wildman–Crippen MR) is 121 cm³/mol. The monoisotopic (exact) mass is 448 g/mol. The van der Waals surface area contributed by atoms with Crippen LogP contribution < -0.4 is 5.32 Å². The zero-order chi connectivity index (χ0) is 21.0. The van der Waals surface area contributed by atoms with Gasteiger partial charge in [0.25, 0.3) is 11.8 Å². The van der Waals surface area contributed by atoms with Crippen molar-refractivity contribution >= 4 is 35.0 Å². The van der Waals surface area contributed by atoms with Gasteiger partial charge in [-0.25, -0.2) is 0 Å². The fraction of sp³-hybridized carbons (Fsp3) is 0.304. The van der Waals surface area contributed by atoms with Crippen molar-refractivity contribution in [3.05, 3.63) is 81.0 Å². The number of carbonyl (C=O) groups excluding carboxylic acids is 2. The van der Waals surface area contributed by atoms with Gasteiger partial charge in [-0.1, -0.05) is 67.0 Å². The third-order valence-corrected chi connectivity index (χ3v) is 5.75. The van der Waals surface area contributed by atoms with Crippen LogP contribution in [0.2, 0.25) is 10.0 Å². The summed E-state index contributed by atoms with van der Waals surface area (Å²) >= 11 is 11.9. The molecule has 5 nitrogen and oxygen atoms in total. The van der Waals surface area contributed by atoms with Crippen molar-refractivity contribution in [1.29, 1.82) is 0 Å². The molecule has 2 amide bonds. The van der Waals surface area contributed by atoms with Crippen LogP contribution in [-0.2, 0) is 16.0 Å². The second-order valence-electron chi connectivity index (χ2n) is 6.95. The molecule has 160 valence electrons. The van der Waals surface area contributed by atoms with Gasteiger partial charge in [-0.2, -0.15) is 0 Å². The highest BCUT2D eigenvalue weighted by Crippen LogP contribution is 2.28. The summed E-state index contributed by atoms with van der Waals surface area (Å²) in [4.78, 5) is 26.4. The standard InChI is InChI=1S/C22H22Cl2N2O3.CH4/c1-14(16-7-3-2-4-8-16)26-13-17(20(27)22(26)29)21(28)25-11-5-6-15-9-10-18(23)19(24)12-15;/h2-4,7-10,12,14,27H,5-6,11,13H2,1H3,(H,25,28);1H4/t14-;/m1./s1. The number of nitrogens with zero attached hydrogens (tertiary/aromatic N) is 1. The number of benzene rings is 2. The van der Waals surface area contributed by atoms with Crippen molar-refractivity contribution in [3.63, 3.8) is 0 Å². The molecule has 0 saturated heterocycles. The molecule has 0 saturated carbocycles. The molecule has 0 spiro atoms. The van der Waals surface area contributed by atoms with Crippen LogP contribution in [0.3, 0.4) is 0 Å². The third kappa shape index (κ3) is 5.35. The molecule has 0 fully saturated rings. The van der Waals surface area contributed by atoms with Crippen LogP contribution in [0.15, 0.2) is 59.9 Å². The van der Waals surface area contributed by atoms with Gasteiger partial charge >= 0.3 is 0 Å². The number of carbonyl (C=O) groups is 2. The van der Waals surface area contributed by atoms with E-state index in [-0.39, 0.29) is 25.6 Å². The smallest absolute Gasteiger partial charge is 0.290 e. The summed E-state index contributed by atoms with van der Waals surface area (Å²) < 4.78 is 0. The van der Waals surface area contributed by atoms with Crippen LogP contribution >= 0.6 is 23.2 Å². The Morgan fingerprint density at radius 3 is 2.53 bits per heavy atom. The lowest BCUT2D eigenvalue weighted by Gasteiger charge is -2.24. The molecule has 1 aliphatic rings. The quantitative estimate of drug-likeness (QED) is 0.579. The summed E-state index contributed by atoms with van der Waals surface area (Å²) in [5, 5.41) is 14.0. The molecule has 0 bridgehead atoms. The molecule has 1 aliphatic heterocycles. The molecule has 2 aromatic rings. The minimum absolute atomic E-state index is 0. The highest BCUT2D eigenvalue weighted by atomic mass is 35.5. The Morgan fingerprint density at radius 2 is 1.87 bits per heavy atom. The number of hydrogen-bond donors (Lipinski definition) is 2. The fourth-order valence-electron chi connectivity index (χ4n) is 3.28. The first-order valence-electron chi connectivity index (χ1n) is 9.38. The van der Waals surface area contributed by atoms with Crippen LogP contribution in [0.1, 0.15) is 37.9 Å². The number of aliphatic hydroxyl groups excluding tert-OH is 1. The van der Waals surface area contributed by atoms with Crippen molar-refractivity contribution in [3.8, 4) is 0 Å². The maximum absolute atomic E-state index is 12.5. The Hall–Kier alpha value is -2.50. The van der Waals surface area contributed by atoms with Crippen LogP contribution in [0.25, 0.3) is 0 Å². The topological polar surface area (TPSA) is 69.6 Å². The van der Waals surface area contributed by atoms with Gasteiger partial charge in [0.15, 0.2) is 5.76 Å². The Kier molecular flexibility index (Phi) is 8.33. The summed E-state index contributed by atoms with van der Waals surface area (Å²) in [6.07, 6.45) is 1.41. The van der Waals surface area contributed by atoms with E-state index in [4.69, 9.17) is 23.2 Å². The highest BCUT2D eigenvalue weighted by Gasteiger charge is 2.36. The van der Waals surface area contributed by atoms with E-state index in [2.05, 4.69) is 5.32 Å². The van der Waals surface area contributed by atoms with Gasteiger partial charge in [-0.15, -0.1) is 0 Å². The van der Waals surface area contributed by atoms with E-state index in [1.54, 1.807) is 12.1 Å². The van der Waals surface area contributed by atoms with Crippen molar-refractivity contribution in [2.75, 3.05) is 13.1 Å². The predicted octanol–water partition coefficient (Wildman–Crippen LogP) is 5.09. The van der Waals surface area contributed by atoms with Crippen molar-refractivity contribution in [2.45, 2.75) is 33.2 Å². The Balaban J connectivity index is 0.00000320. The van der Waals surface area contributed by atoms with Crippen molar-refractivity contribution < 1.29 is 14.7 Å². The van der Waals surface area contributed by atoms with Crippen LogP contribution in [0, 0.1) is 0 Å². The average molecular weight is 449 g/mol. The molecular weight excluding hydrogens is 423 g/mol. The lowest BCUT2D eigenvalue weighted by atomic mass is 10.1. The molecular formula is C23H26Cl2N2O3. The minimum Gasteiger partial charge on any atom is -0.503 e. The van der Waals surface area contributed by atoms with Gasteiger partial charge < -0.3 is 15.3 Å². The molecule has 0 aromatic heterocycles. The van der Waals surface area contributed by atoms with Gasteiger partial charge in [-0.05, 0) is 43.0 Å². The van der Waals surface area contributed by atoms with Crippen LogP contribution in [0.5, 0.6) is 0 Å². The summed E-state index contributed by atoms with van der Waals surface area (Å²) in [6, 6.07) is 14.7. The van der Waals surface area contributed by atoms with E-state index in [0.717, 1.165) is 17.5 Å². The van der Waals surface area contributed by atoms with Crippen molar-refractivity contribution in [2.24, 2.45) is 0 Å². The van der Waals surface area contributed by atoms with E-state index < -0.39 is 17.6 Å². The van der Waals surface area contributed by atoms with Crippen molar-refractivity contribution in [1.82, 2.24) is 10.2 Å². The molecule has 1 heterocycles. The second-order valence-corrected chi connectivity index (χ2v) is 7.77. The van der Waals surface area contributed by atoms with Gasteiger partial charge in [0.1, 0.15) is 0 Å². The Bertz CT molecular complexity index is 945. The molecule has 2 aromatic carbocycles. The number of nitrogens with one attached hydrogen (secondary N) is 1. The first-order chi connectivity index (χ1) is 13.9.